The van der Waals surface area contributed by atoms with Crippen molar-refractivity contribution < 1.29 is 4.39 Å². The van der Waals surface area contributed by atoms with E-state index in [4.69, 9.17) is 17.3 Å². The topological polar surface area (TPSA) is 80.5 Å². The summed E-state index contributed by atoms with van der Waals surface area (Å²) in [6, 6.07) is 6.06. The highest BCUT2D eigenvalue weighted by Crippen LogP contribution is 2.29. The zero-order chi connectivity index (χ0) is 14.1. The van der Waals surface area contributed by atoms with Crippen LogP contribution in [0.25, 0.3) is 22.6 Å². The monoisotopic (exact) mass is 289 g/mol. The molecule has 20 heavy (non-hydrogen) atoms. The van der Waals surface area contributed by atoms with Gasteiger partial charge in [-0.15, -0.1) is 0 Å². The fraction of sp³-hybridized carbons (Fsp3) is 0. The van der Waals surface area contributed by atoms with Crippen LogP contribution >= 0.6 is 11.6 Å². The standard InChI is InChI=1S/C13H9ClFN5/c14-11-10(12(16)19-6-18-11)13-17-5-9(20-13)7-1-3-8(15)4-2-7/h1-6H,(H,17,20)(H2,16,18,19). The molecule has 0 saturated carbocycles. The number of hydrogen-bond acceptors (Lipinski definition) is 4. The number of H-pyrrole nitrogens is 1. The average Bonchev–Trinajstić information content (AvgIpc) is 2.89. The second-order valence-corrected chi connectivity index (χ2v) is 4.44. The quantitative estimate of drug-likeness (QED) is 0.711. The Balaban J connectivity index is 2.04. The van der Waals surface area contributed by atoms with Crippen molar-refractivity contribution in [2.24, 2.45) is 0 Å². The lowest BCUT2D eigenvalue weighted by Crippen LogP contribution is -1.97. The van der Waals surface area contributed by atoms with Gasteiger partial charge in [-0.1, -0.05) is 11.6 Å². The van der Waals surface area contributed by atoms with Crippen LogP contribution in [0.15, 0.2) is 36.8 Å². The molecule has 3 aromatic rings. The van der Waals surface area contributed by atoms with Crippen LogP contribution < -0.4 is 5.73 Å². The van der Waals surface area contributed by atoms with E-state index in [1.807, 2.05) is 0 Å². The van der Waals surface area contributed by atoms with Gasteiger partial charge in [0, 0.05) is 0 Å². The van der Waals surface area contributed by atoms with Gasteiger partial charge < -0.3 is 10.7 Å². The molecule has 0 unspecified atom stereocenters. The Kier molecular flexibility index (Phi) is 3.08. The lowest BCUT2D eigenvalue weighted by atomic mass is 10.2. The van der Waals surface area contributed by atoms with Gasteiger partial charge in [0.05, 0.1) is 17.5 Å². The van der Waals surface area contributed by atoms with E-state index >= 15 is 0 Å². The van der Waals surface area contributed by atoms with Crippen LogP contribution in [0.1, 0.15) is 0 Å². The lowest BCUT2D eigenvalue weighted by molar-refractivity contribution is 0.628. The van der Waals surface area contributed by atoms with E-state index in [1.54, 1.807) is 18.3 Å². The second-order valence-electron chi connectivity index (χ2n) is 4.08. The Morgan fingerprint density at radius 3 is 2.55 bits per heavy atom. The Morgan fingerprint density at radius 2 is 1.85 bits per heavy atom. The number of rotatable bonds is 2. The number of imidazole rings is 1. The highest BCUT2D eigenvalue weighted by Gasteiger charge is 2.14. The molecule has 0 amide bonds. The van der Waals surface area contributed by atoms with Crippen molar-refractivity contribution in [1.82, 2.24) is 19.9 Å². The third-order valence-electron chi connectivity index (χ3n) is 2.80. The summed E-state index contributed by atoms with van der Waals surface area (Å²) in [5.41, 5.74) is 7.75. The molecule has 2 aromatic heterocycles. The van der Waals surface area contributed by atoms with Crippen molar-refractivity contribution >= 4 is 17.4 Å². The molecule has 0 bridgehead atoms. The first kappa shape index (κ1) is 12.6. The molecule has 0 aliphatic heterocycles. The van der Waals surface area contributed by atoms with Crippen molar-refractivity contribution in [2.75, 3.05) is 5.73 Å². The summed E-state index contributed by atoms with van der Waals surface area (Å²) in [6.45, 7) is 0. The summed E-state index contributed by atoms with van der Waals surface area (Å²) >= 11 is 6.00. The molecule has 100 valence electrons. The molecule has 0 fully saturated rings. The minimum absolute atomic E-state index is 0.220. The summed E-state index contributed by atoms with van der Waals surface area (Å²) in [5.74, 6) is 0.412. The maximum absolute atomic E-state index is 12.9. The summed E-state index contributed by atoms with van der Waals surface area (Å²) in [7, 11) is 0. The summed E-state index contributed by atoms with van der Waals surface area (Å²) in [4.78, 5) is 15.0. The predicted octanol–water partition coefficient (Wildman–Crippen LogP) is 2.91. The van der Waals surface area contributed by atoms with E-state index in [0.29, 0.717) is 11.4 Å². The van der Waals surface area contributed by atoms with Crippen molar-refractivity contribution in [3.8, 4) is 22.6 Å². The highest BCUT2D eigenvalue weighted by atomic mass is 35.5. The fourth-order valence-electron chi connectivity index (χ4n) is 1.82. The molecule has 0 radical (unpaired) electrons. The number of aromatic amines is 1. The van der Waals surface area contributed by atoms with Crippen molar-refractivity contribution in [2.45, 2.75) is 0 Å². The van der Waals surface area contributed by atoms with Gasteiger partial charge in [0.15, 0.2) is 0 Å². The summed E-state index contributed by atoms with van der Waals surface area (Å²) < 4.78 is 12.9. The van der Waals surface area contributed by atoms with Gasteiger partial charge in [-0.2, -0.15) is 0 Å². The number of nitrogens with one attached hydrogen (secondary N) is 1. The van der Waals surface area contributed by atoms with E-state index in [1.165, 1.54) is 18.5 Å². The number of anilines is 1. The van der Waals surface area contributed by atoms with Crippen molar-refractivity contribution in [3.63, 3.8) is 0 Å². The van der Waals surface area contributed by atoms with E-state index in [9.17, 15) is 4.39 Å². The number of hydrogen-bond donors (Lipinski definition) is 2. The van der Waals surface area contributed by atoms with Crippen molar-refractivity contribution in [3.05, 3.63) is 47.8 Å². The summed E-state index contributed by atoms with van der Waals surface area (Å²) in [6.07, 6.45) is 2.90. The Morgan fingerprint density at radius 1 is 1.10 bits per heavy atom. The zero-order valence-corrected chi connectivity index (χ0v) is 10.9. The van der Waals surface area contributed by atoms with Gasteiger partial charge >= 0.3 is 0 Å². The van der Waals surface area contributed by atoms with Crippen LogP contribution in [0.5, 0.6) is 0 Å². The van der Waals surface area contributed by atoms with Gasteiger partial charge in [-0.05, 0) is 29.8 Å². The normalized spacial score (nSPS) is 10.7. The molecule has 1 aromatic carbocycles. The molecule has 0 saturated heterocycles. The smallest absolute Gasteiger partial charge is 0.145 e. The molecule has 0 aliphatic carbocycles. The van der Waals surface area contributed by atoms with E-state index < -0.39 is 0 Å². The number of benzene rings is 1. The third kappa shape index (κ3) is 2.21. The molecule has 0 atom stereocenters. The van der Waals surface area contributed by atoms with Crippen LogP contribution in [-0.4, -0.2) is 19.9 Å². The Hall–Kier alpha value is -2.47. The Bertz CT molecular complexity index is 733. The fourth-order valence-corrected chi connectivity index (χ4v) is 2.05. The number of aromatic nitrogens is 4. The van der Waals surface area contributed by atoms with Crippen LogP contribution in [0.4, 0.5) is 10.2 Å². The van der Waals surface area contributed by atoms with Gasteiger partial charge in [0.25, 0.3) is 0 Å². The molecule has 5 nitrogen and oxygen atoms in total. The van der Waals surface area contributed by atoms with E-state index in [-0.39, 0.29) is 16.8 Å². The first-order chi connectivity index (χ1) is 9.65. The minimum atomic E-state index is -0.294. The molecule has 2 heterocycles. The number of nitrogens with zero attached hydrogens (tertiary/aromatic N) is 3. The molecule has 3 rings (SSSR count). The predicted molar refractivity (Wildman–Crippen MR) is 74.4 cm³/mol. The largest absolute Gasteiger partial charge is 0.383 e. The molecule has 0 spiro atoms. The van der Waals surface area contributed by atoms with Crippen LogP contribution in [0, 0.1) is 5.82 Å². The maximum Gasteiger partial charge on any atom is 0.145 e. The average molecular weight is 290 g/mol. The lowest BCUT2D eigenvalue weighted by Gasteiger charge is -2.02. The molecule has 0 aliphatic rings. The zero-order valence-electron chi connectivity index (χ0n) is 10.1. The SMILES string of the molecule is Nc1ncnc(Cl)c1-c1ncc(-c2ccc(F)cc2)[nH]1. The van der Waals surface area contributed by atoms with Gasteiger partial charge in [0.1, 0.15) is 28.9 Å². The van der Waals surface area contributed by atoms with E-state index in [2.05, 4.69) is 19.9 Å². The summed E-state index contributed by atoms with van der Waals surface area (Å²) in [5, 5.41) is 0.220. The van der Waals surface area contributed by atoms with Gasteiger partial charge in [-0.3, -0.25) is 0 Å². The Labute approximate surface area is 118 Å². The van der Waals surface area contributed by atoms with Crippen LogP contribution in [0.3, 0.4) is 0 Å². The first-order valence-electron chi connectivity index (χ1n) is 5.72. The third-order valence-corrected chi connectivity index (χ3v) is 3.08. The maximum atomic E-state index is 12.9. The van der Waals surface area contributed by atoms with E-state index in [0.717, 1.165) is 11.3 Å². The van der Waals surface area contributed by atoms with Crippen LogP contribution in [0.2, 0.25) is 5.15 Å². The molecule has 7 heteroatoms. The van der Waals surface area contributed by atoms with Crippen LogP contribution in [-0.2, 0) is 0 Å². The number of nitrogen functional groups attached to an aromatic ring is 1. The van der Waals surface area contributed by atoms with Crippen molar-refractivity contribution in [1.29, 1.82) is 0 Å². The molecular formula is C13H9ClFN5. The van der Waals surface area contributed by atoms with Gasteiger partial charge in [0.2, 0.25) is 0 Å². The number of halogens is 2. The first-order valence-corrected chi connectivity index (χ1v) is 6.10. The second kappa shape index (κ2) is 4.90. The minimum Gasteiger partial charge on any atom is -0.383 e. The highest BCUT2D eigenvalue weighted by molar-refractivity contribution is 6.32. The number of nitrogens with two attached hydrogens (primary N) is 1. The molecular weight excluding hydrogens is 281 g/mol. The molecule has 3 N–H and O–H groups in total. The van der Waals surface area contributed by atoms with Gasteiger partial charge in [-0.25, -0.2) is 19.3 Å².